The van der Waals surface area contributed by atoms with E-state index in [2.05, 4.69) is 167 Å². The van der Waals surface area contributed by atoms with Gasteiger partial charge in [0.15, 0.2) is 0 Å². The molecule has 45 heavy (non-hydrogen) atoms. The van der Waals surface area contributed by atoms with Crippen LogP contribution in [0.4, 0.5) is 0 Å². The van der Waals surface area contributed by atoms with Gasteiger partial charge in [-0.25, -0.2) is 0 Å². The van der Waals surface area contributed by atoms with Gasteiger partial charge in [0.1, 0.15) is 5.58 Å². The Labute approximate surface area is 258 Å². The van der Waals surface area contributed by atoms with Crippen LogP contribution in [-0.2, 0) is 0 Å². The molecule has 0 aliphatic heterocycles. The second-order valence-electron chi connectivity index (χ2n) is 11.8. The van der Waals surface area contributed by atoms with Crippen LogP contribution >= 0.6 is 0 Å². The Hall–Kier alpha value is -6.06. The molecule has 0 radical (unpaired) electrons. The Kier molecular flexibility index (Phi) is 5.00. The lowest BCUT2D eigenvalue weighted by Gasteiger charge is -2.11. The highest BCUT2D eigenvalue weighted by atomic mass is 16.3. The smallest absolute Gasteiger partial charge is 0.213 e. The third-order valence-corrected chi connectivity index (χ3v) is 9.30. The van der Waals surface area contributed by atoms with Crippen LogP contribution in [0.2, 0.25) is 0 Å². The molecule has 0 amide bonds. The van der Waals surface area contributed by atoms with Crippen LogP contribution in [0.3, 0.4) is 0 Å². The molecule has 3 aromatic heterocycles. The van der Waals surface area contributed by atoms with Crippen molar-refractivity contribution >= 4 is 65.6 Å². The maximum absolute atomic E-state index is 6.66. The van der Waals surface area contributed by atoms with E-state index in [1.807, 2.05) is 0 Å². The molecule has 10 aromatic rings. The second-order valence-corrected chi connectivity index (χ2v) is 11.8. The minimum Gasteiger partial charge on any atom is -0.439 e. The largest absolute Gasteiger partial charge is 0.439 e. The molecule has 210 valence electrons. The number of hydrogen-bond acceptors (Lipinski definition) is 1. The van der Waals surface area contributed by atoms with Crippen LogP contribution in [0.5, 0.6) is 0 Å². The maximum atomic E-state index is 6.66. The summed E-state index contributed by atoms with van der Waals surface area (Å²) in [6.45, 7) is 0. The van der Waals surface area contributed by atoms with Gasteiger partial charge in [-0.3, -0.25) is 4.57 Å². The van der Waals surface area contributed by atoms with Crippen LogP contribution in [0.1, 0.15) is 0 Å². The Balaban J connectivity index is 1.17. The summed E-state index contributed by atoms with van der Waals surface area (Å²) in [5.41, 5.74) is 9.98. The molecule has 0 aliphatic carbocycles. The monoisotopic (exact) mass is 574 g/mol. The van der Waals surface area contributed by atoms with Crippen molar-refractivity contribution < 1.29 is 4.42 Å². The summed E-state index contributed by atoms with van der Waals surface area (Å²) in [5, 5.41) is 8.47. The topological polar surface area (TPSA) is 23.0 Å². The van der Waals surface area contributed by atoms with Crippen molar-refractivity contribution in [3.63, 3.8) is 0 Å². The number of furan rings is 1. The lowest BCUT2D eigenvalue weighted by atomic mass is 9.96. The standard InChI is InChI=1S/C42H26N2O/c1-2-11-30(12-3-1)44-38-19-9-6-15-35(38)41-40-32(16-10-20-39(40)45-42(41)44)29-22-21-28-26-31(24-23-27(28)25-29)43-36-17-7-4-13-33(36)34-14-5-8-18-37(34)43/h1-26H. The zero-order valence-electron chi connectivity index (χ0n) is 24.3. The van der Waals surface area contributed by atoms with Crippen molar-refractivity contribution in [2.45, 2.75) is 0 Å². The average Bonchev–Trinajstić information content (AvgIpc) is 3.75. The van der Waals surface area contributed by atoms with Crippen molar-refractivity contribution in [2.75, 3.05) is 0 Å². The lowest BCUT2D eigenvalue weighted by Crippen LogP contribution is -1.93. The van der Waals surface area contributed by atoms with Crippen LogP contribution in [0.15, 0.2) is 162 Å². The highest BCUT2D eigenvalue weighted by Gasteiger charge is 2.21. The quantitative estimate of drug-likeness (QED) is 0.206. The van der Waals surface area contributed by atoms with E-state index in [1.54, 1.807) is 0 Å². The van der Waals surface area contributed by atoms with Crippen molar-refractivity contribution in [1.82, 2.24) is 9.13 Å². The summed E-state index contributed by atoms with van der Waals surface area (Å²) < 4.78 is 11.3. The summed E-state index contributed by atoms with van der Waals surface area (Å²) in [5.74, 6) is 0. The predicted octanol–water partition coefficient (Wildman–Crippen LogP) is 11.4. The van der Waals surface area contributed by atoms with E-state index in [0.717, 1.165) is 33.3 Å². The van der Waals surface area contributed by atoms with E-state index in [9.17, 15) is 0 Å². The minimum atomic E-state index is 0.876. The molecule has 7 aromatic carbocycles. The number of rotatable bonds is 3. The minimum absolute atomic E-state index is 0.876. The van der Waals surface area contributed by atoms with E-state index >= 15 is 0 Å². The van der Waals surface area contributed by atoms with E-state index < -0.39 is 0 Å². The molecule has 0 atom stereocenters. The number of benzene rings is 7. The van der Waals surface area contributed by atoms with Gasteiger partial charge in [-0.1, -0.05) is 103 Å². The van der Waals surface area contributed by atoms with Crippen LogP contribution in [0.25, 0.3) is 88.1 Å². The van der Waals surface area contributed by atoms with Crippen molar-refractivity contribution in [3.05, 3.63) is 158 Å². The van der Waals surface area contributed by atoms with Gasteiger partial charge in [0.25, 0.3) is 0 Å². The Morgan fingerprint density at radius 2 is 1.02 bits per heavy atom. The van der Waals surface area contributed by atoms with Crippen molar-refractivity contribution in [2.24, 2.45) is 0 Å². The number of aromatic nitrogens is 2. The molecule has 3 heterocycles. The Morgan fingerprint density at radius 3 is 1.78 bits per heavy atom. The molecule has 0 unspecified atom stereocenters. The summed E-state index contributed by atoms with van der Waals surface area (Å²) in [6.07, 6.45) is 0. The summed E-state index contributed by atoms with van der Waals surface area (Å²) in [4.78, 5) is 0. The average molecular weight is 575 g/mol. The molecular formula is C42H26N2O. The highest BCUT2D eigenvalue weighted by molar-refractivity contribution is 6.23. The number of nitrogens with zero attached hydrogens (tertiary/aromatic N) is 2. The van der Waals surface area contributed by atoms with Crippen molar-refractivity contribution in [3.8, 4) is 22.5 Å². The zero-order valence-corrected chi connectivity index (χ0v) is 24.3. The van der Waals surface area contributed by atoms with Crippen LogP contribution in [-0.4, -0.2) is 9.13 Å². The summed E-state index contributed by atoms with van der Waals surface area (Å²) in [6, 6.07) is 56.4. The normalized spacial score (nSPS) is 12.0. The Bertz CT molecular complexity index is 2710. The molecule has 0 spiro atoms. The fraction of sp³-hybridized carbons (Fsp3) is 0. The maximum Gasteiger partial charge on any atom is 0.213 e. The first kappa shape index (κ1) is 24.4. The molecule has 0 saturated carbocycles. The molecule has 0 fully saturated rings. The summed E-state index contributed by atoms with van der Waals surface area (Å²) >= 11 is 0. The van der Waals surface area contributed by atoms with Crippen molar-refractivity contribution in [1.29, 1.82) is 0 Å². The second kappa shape index (κ2) is 9.22. The predicted molar refractivity (Wildman–Crippen MR) is 188 cm³/mol. The van der Waals surface area contributed by atoms with Gasteiger partial charge in [-0.15, -0.1) is 0 Å². The molecule has 3 heteroatoms. The fourth-order valence-electron chi connectivity index (χ4n) is 7.35. The number of para-hydroxylation sites is 4. The van der Waals surface area contributed by atoms with Gasteiger partial charge in [0, 0.05) is 32.9 Å². The number of hydrogen-bond donors (Lipinski definition) is 0. The van der Waals surface area contributed by atoms with E-state index in [4.69, 9.17) is 4.42 Å². The van der Waals surface area contributed by atoms with Gasteiger partial charge in [0.2, 0.25) is 5.71 Å². The molecule has 10 rings (SSSR count). The SMILES string of the molecule is c1ccc(-n2c3ccccc3c3c4c(-c5ccc6cc(-n7c8ccccc8c8ccccc87)ccc6c5)cccc4oc32)cc1. The Morgan fingerprint density at radius 1 is 0.400 bits per heavy atom. The molecule has 0 N–H and O–H groups in total. The fourth-order valence-corrected chi connectivity index (χ4v) is 7.35. The van der Waals surface area contributed by atoms with Gasteiger partial charge in [-0.2, -0.15) is 0 Å². The molecule has 0 saturated heterocycles. The third-order valence-electron chi connectivity index (χ3n) is 9.30. The molecular weight excluding hydrogens is 548 g/mol. The van der Waals surface area contributed by atoms with E-state index in [1.165, 1.54) is 54.8 Å². The van der Waals surface area contributed by atoms with E-state index in [0.29, 0.717) is 0 Å². The third kappa shape index (κ3) is 3.46. The first-order valence-corrected chi connectivity index (χ1v) is 15.4. The first-order chi connectivity index (χ1) is 22.3. The highest BCUT2D eigenvalue weighted by Crippen LogP contribution is 2.43. The first-order valence-electron chi connectivity index (χ1n) is 15.4. The molecule has 0 aliphatic rings. The molecule has 3 nitrogen and oxygen atoms in total. The van der Waals surface area contributed by atoms with E-state index in [-0.39, 0.29) is 0 Å². The summed E-state index contributed by atoms with van der Waals surface area (Å²) in [7, 11) is 0. The van der Waals surface area contributed by atoms with Gasteiger partial charge in [0.05, 0.1) is 21.9 Å². The van der Waals surface area contributed by atoms with Crippen LogP contribution in [0, 0.1) is 0 Å². The zero-order chi connectivity index (χ0) is 29.5. The van der Waals surface area contributed by atoms with Gasteiger partial charge in [-0.05, 0) is 76.5 Å². The molecule has 0 bridgehead atoms. The van der Waals surface area contributed by atoms with Gasteiger partial charge < -0.3 is 8.98 Å². The lowest BCUT2D eigenvalue weighted by molar-refractivity contribution is 0.645. The van der Waals surface area contributed by atoms with Gasteiger partial charge >= 0.3 is 0 Å². The number of fused-ring (bicyclic) bond motifs is 9. The van der Waals surface area contributed by atoms with Crippen LogP contribution < -0.4 is 0 Å².